The van der Waals surface area contributed by atoms with E-state index in [9.17, 15) is 4.79 Å². The van der Waals surface area contributed by atoms with E-state index in [1.807, 2.05) is 37.2 Å². The van der Waals surface area contributed by atoms with E-state index in [1.54, 1.807) is 25.1 Å². The highest BCUT2D eigenvalue weighted by Crippen LogP contribution is 2.37. The molecular formula is C21H26N2O4. The number of carbonyl (C=O) groups is 1. The molecule has 2 aromatic carbocycles. The summed E-state index contributed by atoms with van der Waals surface area (Å²) in [6, 6.07) is 9.01. The standard InChI is InChI=1S/C21H26N2O4/c1-13(9-14-7-8-18(23(2)3)17(22)10-14)20(24)16-11-15(25-4)12-19(26-5)21(16)27-6/h7-12H,22H2,1-6H3. The summed E-state index contributed by atoms with van der Waals surface area (Å²) in [5.41, 5.74) is 9.43. The number of hydrogen-bond donors (Lipinski definition) is 1. The number of allylic oxidation sites excluding steroid dienone is 1. The number of carbonyl (C=O) groups excluding carboxylic acids is 1. The van der Waals surface area contributed by atoms with Gasteiger partial charge in [0.25, 0.3) is 0 Å². The molecule has 0 unspecified atom stereocenters. The second kappa shape index (κ2) is 8.49. The Balaban J connectivity index is 2.45. The van der Waals surface area contributed by atoms with Gasteiger partial charge in [-0.1, -0.05) is 6.07 Å². The molecule has 0 aliphatic rings. The fraction of sp³-hybridized carbons (Fsp3) is 0.286. The summed E-state index contributed by atoms with van der Waals surface area (Å²) >= 11 is 0. The van der Waals surface area contributed by atoms with Gasteiger partial charge in [-0.2, -0.15) is 0 Å². The summed E-state index contributed by atoms with van der Waals surface area (Å²) in [6.45, 7) is 1.75. The minimum absolute atomic E-state index is 0.181. The number of nitrogen functional groups attached to an aromatic ring is 1. The molecule has 144 valence electrons. The van der Waals surface area contributed by atoms with Gasteiger partial charge in [0, 0.05) is 20.2 Å². The Bertz CT molecular complexity index is 873. The average molecular weight is 370 g/mol. The monoisotopic (exact) mass is 370 g/mol. The van der Waals surface area contributed by atoms with Crippen LogP contribution in [0.15, 0.2) is 35.9 Å². The molecule has 0 saturated carbocycles. The normalized spacial score (nSPS) is 11.1. The largest absolute Gasteiger partial charge is 0.497 e. The average Bonchev–Trinajstić information content (AvgIpc) is 2.65. The lowest BCUT2D eigenvalue weighted by molar-refractivity contribution is 0.103. The third-order valence-electron chi connectivity index (χ3n) is 4.21. The quantitative estimate of drug-likeness (QED) is 0.456. The van der Waals surface area contributed by atoms with E-state index in [-0.39, 0.29) is 5.78 Å². The molecule has 0 saturated heterocycles. The summed E-state index contributed by atoms with van der Waals surface area (Å²) in [5.74, 6) is 1.15. The molecule has 0 spiro atoms. The zero-order valence-electron chi connectivity index (χ0n) is 16.6. The van der Waals surface area contributed by atoms with Crippen LogP contribution in [0.1, 0.15) is 22.8 Å². The van der Waals surface area contributed by atoms with E-state index < -0.39 is 0 Å². The van der Waals surface area contributed by atoms with Crippen molar-refractivity contribution in [1.29, 1.82) is 0 Å². The molecule has 2 rings (SSSR count). The number of nitrogens with zero attached hydrogens (tertiary/aromatic N) is 1. The summed E-state index contributed by atoms with van der Waals surface area (Å²) in [7, 11) is 8.41. The van der Waals surface area contributed by atoms with Crippen molar-refractivity contribution in [1.82, 2.24) is 0 Å². The molecule has 0 fully saturated rings. The van der Waals surface area contributed by atoms with Gasteiger partial charge >= 0.3 is 0 Å². The van der Waals surface area contributed by atoms with Crippen LogP contribution in [0.25, 0.3) is 6.08 Å². The van der Waals surface area contributed by atoms with Gasteiger partial charge in [0.1, 0.15) is 5.75 Å². The first-order chi connectivity index (χ1) is 12.8. The minimum Gasteiger partial charge on any atom is -0.497 e. The molecule has 27 heavy (non-hydrogen) atoms. The van der Waals surface area contributed by atoms with Gasteiger partial charge in [-0.05, 0) is 42.3 Å². The van der Waals surface area contributed by atoms with Crippen LogP contribution < -0.4 is 24.8 Å². The van der Waals surface area contributed by atoms with Crippen molar-refractivity contribution in [3.05, 3.63) is 47.0 Å². The highest BCUT2D eigenvalue weighted by atomic mass is 16.5. The zero-order valence-corrected chi connectivity index (χ0v) is 16.6. The number of anilines is 2. The topological polar surface area (TPSA) is 74.0 Å². The van der Waals surface area contributed by atoms with Gasteiger partial charge in [0.05, 0.1) is 38.3 Å². The van der Waals surface area contributed by atoms with Gasteiger partial charge in [-0.15, -0.1) is 0 Å². The first-order valence-electron chi connectivity index (χ1n) is 8.42. The fourth-order valence-electron chi connectivity index (χ4n) is 2.82. The number of hydrogen-bond acceptors (Lipinski definition) is 6. The Morgan fingerprint density at radius 1 is 1.04 bits per heavy atom. The Kier molecular flexibility index (Phi) is 6.34. The van der Waals surface area contributed by atoms with Crippen LogP contribution in [-0.4, -0.2) is 41.2 Å². The first-order valence-corrected chi connectivity index (χ1v) is 8.42. The number of ether oxygens (including phenoxy) is 3. The van der Waals surface area contributed by atoms with Gasteiger partial charge in [0.15, 0.2) is 17.3 Å². The summed E-state index contributed by atoms with van der Waals surface area (Å²) < 4.78 is 16.0. The minimum atomic E-state index is -0.181. The predicted octanol–water partition coefficient (Wildman–Crippen LogP) is 3.65. The second-order valence-electron chi connectivity index (χ2n) is 6.28. The summed E-state index contributed by atoms with van der Waals surface area (Å²) in [6.07, 6.45) is 1.80. The molecule has 0 aliphatic heterocycles. The molecule has 2 N–H and O–H groups in total. The third-order valence-corrected chi connectivity index (χ3v) is 4.21. The van der Waals surface area contributed by atoms with E-state index in [0.717, 1.165) is 11.3 Å². The van der Waals surface area contributed by atoms with Crippen molar-refractivity contribution in [3.8, 4) is 17.2 Å². The molecule has 2 aromatic rings. The SMILES string of the molecule is COc1cc(OC)c(OC)c(C(=O)C(C)=Cc2ccc(N(C)C)c(N)c2)c1. The Morgan fingerprint density at radius 2 is 1.74 bits per heavy atom. The van der Waals surface area contributed by atoms with Crippen LogP contribution in [0.3, 0.4) is 0 Å². The van der Waals surface area contributed by atoms with E-state index in [1.165, 1.54) is 21.3 Å². The van der Waals surface area contributed by atoms with Crippen molar-refractivity contribution in [2.45, 2.75) is 6.92 Å². The molecular weight excluding hydrogens is 344 g/mol. The molecule has 0 bridgehead atoms. The van der Waals surface area contributed by atoms with Crippen LogP contribution in [0.2, 0.25) is 0 Å². The molecule has 6 heteroatoms. The van der Waals surface area contributed by atoms with Crippen LogP contribution in [0.4, 0.5) is 11.4 Å². The third kappa shape index (κ3) is 4.34. The van der Waals surface area contributed by atoms with E-state index in [0.29, 0.717) is 34.1 Å². The molecule has 0 radical (unpaired) electrons. The van der Waals surface area contributed by atoms with E-state index in [4.69, 9.17) is 19.9 Å². The molecule has 6 nitrogen and oxygen atoms in total. The lowest BCUT2D eigenvalue weighted by Crippen LogP contribution is -2.11. The Morgan fingerprint density at radius 3 is 2.26 bits per heavy atom. The Hall–Kier alpha value is -3.15. The van der Waals surface area contributed by atoms with Gasteiger partial charge in [0.2, 0.25) is 0 Å². The van der Waals surface area contributed by atoms with Crippen LogP contribution in [0.5, 0.6) is 17.2 Å². The predicted molar refractivity (Wildman–Crippen MR) is 109 cm³/mol. The van der Waals surface area contributed by atoms with Crippen LogP contribution >= 0.6 is 0 Å². The number of nitrogens with two attached hydrogens (primary N) is 1. The van der Waals surface area contributed by atoms with Gasteiger partial charge in [-0.3, -0.25) is 4.79 Å². The zero-order chi connectivity index (χ0) is 20.1. The molecule has 0 aromatic heterocycles. The van der Waals surface area contributed by atoms with Gasteiger partial charge < -0.3 is 24.8 Å². The smallest absolute Gasteiger partial charge is 0.192 e. The maximum absolute atomic E-state index is 13.0. The number of benzene rings is 2. The lowest BCUT2D eigenvalue weighted by Gasteiger charge is -2.16. The van der Waals surface area contributed by atoms with Gasteiger partial charge in [-0.25, -0.2) is 0 Å². The van der Waals surface area contributed by atoms with E-state index in [2.05, 4.69) is 0 Å². The fourth-order valence-corrected chi connectivity index (χ4v) is 2.82. The number of ketones is 1. The number of rotatable bonds is 7. The summed E-state index contributed by atoms with van der Waals surface area (Å²) in [5, 5.41) is 0. The Labute approximate surface area is 160 Å². The van der Waals surface area contributed by atoms with Crippen LogP contribution in [-0.2, 0) is 0 Å². The van der Waals surface area contributed by atoms with Crippen molar-refractivity contribution in [3.63, 3.8) is 0 Å². The maximum Gasteiger partial charge on any atom is 0.192 e. The van der Waals surface area contributed by atoms with Crippen molar-refractivity contribution in [2.75, 3.05) is 46.1 Å². The van der Waals surface area contributed by atoms with Crippen molar-refractivity contribution >= 4 is 23.2 Å². The van der Waals surface area contributed by atoms with Crippen molar-refractivity contribution in [2.24, 2.45) is 0 Å². The lowest BCUT2D eigenvalue weighted by atomic mass is 10.00. The highest BCUT2D eigenvalue weighted by Gasteiger charge is 2.20. The highest BCUT2D eigenvalue weighted by molar-refractivity contribution is 6.13. The molecule has 0 atom stereocenters. The molecule has 0 amide bonds. The molecule has 0 heterocycles. The molecule has 0 aliphatic carbocycles. The van der Waals surface area contributed by atoms with Crippen molar-refractivity contribution < 1.29 is 19.0 Å². The van der Waals surface area contributed by atoms with E-state index >= 15 is 0 Å². The number of Topliss-reactive ketones (excluding diaryl/α,β-unsaturated/α-hetero) is 1. The second-order valence-corrected chi connectivity index (χ2v) is 6.28. The maximum atomic E-state index is 13.0. The van der Waals surface area contributed by atoms with Crippen LogP contribution in [0, 0.1) is 0 Å². The summed E-state index contributed by atoms with van der Waals surface area (Å²) in [4.78, 5) is 15.0. The first kappa shape index (κ1) is 20.2. The number of methoxy groups -OCH3 is 3.